The van der Waals surface area contributed by atoms with Crippen molar-refractivity contribution in [3.8, 4) is 17.1 Å². The van der Waals surface area contributed by atoms with Gasteiger partial charge in [-0.2, -0.15) is 13.2 Å². The molecule has 0 unspecified atom stereocenters. The summed E-state index contributed by atoms with van der Waals surface area (Å²) >= 11 is 0. The second-order valence-corrected chi connectivity index (χ2v) is 8.34. The molecular formula is C19H18F3N3O3S. The Kier molecular flexibility index (Phi) is 5.92. The lowest BCUT2D eigenvalue weighted by atomic mass is 10.2. The smallest absolute Gasteiger partial charge is 0.434 e. The molecule has 3 rings (SSSR count). The summed E-state index contributed by atoms with van der Waals surface area (Å²) in [4.78, 5) is 7.84. The van der Waals surface area contributed by atoms with Gasteiger partial charge >= 0.3 is 6.18 Å². The van der Waals surface area contributed by atoms with Crippen LogP contribution in [-0.2, 0) is 22.6 Å². The van der Waals surface area contributed by atoms with Crippen molar-refractivity contribution in [1.82, 2.24) is 14.5 Å². The zero-order chi connectivity index (χ0) is 21.1. The van der Waals surface area contributed by atoms with Gasteiger partial charge in [-0.25, -0.2) is 13.4 Å². The Bertz CT molecular complexity index is 1060. The number of alkyl halides is 3. The van der Waals surface area contributed by atoms with E-state index in [1.807, 2.05) is 0 Å². The maximum absolute atomic E-state index is 13.1. The standard InChI is InChI=1S/C19H18F3N3O3S/c1-29(26,27)16-7-5-15(6-8-16)28-11-3-10-25-13-17(19(20,21)22)24-18(25)14-4-2-9-23-12-14/h2,4-9,12-13H,3,10-11H2,1H3. The quantitative estimate of drug-likeness (QED) is 0.538. The van der Waals surface area contributed by atoms with Gasteiger partial charge in [0.2, 0.25) is 0 Å². The number of hydrogen-bond acceptors (Lipinski definition) is 5. The molecule has 3 aromatic rings. The molecule has 0 saturated heterocycles. The first-order valence-electron chi connectivity index (χ1n) is 8.62. The minimum Gasteiger partial charge on any atom is -0.494 e. The zero-order valence-electron chi connectivity index (χ0n) is 15.4. The number of nitrogens with zero attached hydrogens (tertiary/aromatic N) is 3. The van der Waals surface area contributed by atoms with Crippen LogP contribution in [-0.4, -0.2) is 35.8 Å². The molecule has 0 amide bonds. The Labute approximate surface area is 165 Å². The topological polar surface area (TPSA) is 74.1 Å². The Morgan fingerprint density at radius 2 is 1.86 bits per heavy atom. The number of benzene rings is 1. The summed E-state index contributed by atoms with van der Waals surface area (Å²) in [7, 11) is -3.28. The molecule has 0 atom stereocenters. The maximum Gasteiger partial charge on any atom is 0.434 e. The van der Waals surface area contributed by atoms with Crippen molar-refractivity contribution >= 4 is 9.84 Å². The molecule has 0 fully saturated rings. The Hall–Kier alpha value is -2.88. The first kappa shape index (κ1) is 20.8. The number of rotatable bonds is 7. The monoisotopic (exact) mass is 425 g/mol. The van der Waals surface area contributed by atoms with E-state index in [-0.39, 0.29) is 23.9 Å². The van der Waals surface area contributed by atoms with Crippen molar-refractivity contribution in [2.24, 2.45) is 0 Å². The molecule has 0 saturated carbocycles. The van der Waals surface area contributed by atoms with Gasteiger partial charge in [-0.05, 0) is 42.8 Å². The third kappa shape index (κ3) is 5.35. The van der Waals surface area contributed by atoms with Crippen LogP contribution in [0.4, 0.5) is 13.2 Å². The molecule has 0 aliphatic rings. The van der Waals surface area contributed by atoms with Crippen LogP contribution in [0.5, 0.6) is 5.75 Å². The molecular weight excluding hydrogens is 407 g/mol. The summed E-state index contributed by atoms with van der Waals surface area (Å²) in [6.07, 6.45) is 0.963. The zero-order valence-corrected chi connectivity index (χ0v) is 16.2. The van der Waals surface area contributed by atoms with Crippen molar-refractivity contribution in [3.05, 3.63) is 60.7 Å². The second kappa shape index (κ2) is 8.24. The number of halogens is 3. The summed E-state index contributed by atoms with van der Waals surface area (Å²) in [5, 5.41) is 0. The number of sulfone groups is 1. The molecule has 0 spiro atoms. The van der Waals surface area contributed by atoms with E-state index in [1.54, 1.807) is 12.1 Å². The van der Waals surface area contributed by atoms with Crippen LogP contribution in [0.3, 0.4) is 0 Å². The summed E-state index contributed by atoms with van der Waals surface area (Å²) < 4.78 is 69.1. The fourth-order valence-electron chi connectivity index (χ4n) is 2.66. The lowest BCUT2D eigenvalue weighted by Gasteiger charge is -2.09. The minimum absolute atomic E-state index is 0.183. The van der Waals surface area contributed by atoms with Gasteiger partial charge in [0.15, 0.2) is 15.5 Å². The van der Waals surface area contributed by atoms with Crippen molar-refractivity contribution in [1.29, 1.82) is 0 Å². The van der Waals surface area contributed by atoms with E-state index in [0.717, 1.165) is 12.5 Å². The molecule has 29 heavy (non-hydrogen) atoms. The van der Waals surface area contributed by atoms with E-state index in [2.05, 4.69) is 9.97 Å². The van der Waals surface area contributed by atoms with E-state index in [1.165, 1.54) is 41.2 Å². The molecule has 154 valence electrons. The van der Waals surface area contributed by atoms with Crippen LogP contribution in [0, 0.1) is 0 Å². The Morgan fingerprint density at radius 3 is 2.45 bits per heavy atom. The molecule has 10 heteroatoms. The number of pyridine rings is 1. The highest BCUT2D eigenvalue weighted by molar-refractivity contribution is 7.90. The van der Waals surface area contributed by atoms with Crippen LogP contribution < -0.4 is 4.74 Å². The molecule has 0 N–H and O–H groups in total. The predicted octanol–water partition coefficient (Wildman–Crippen LogP) is 3.84. The molecule has 6 nitrogen and oxygen atoms in total. The molecule has 0 radical (unpaired) electrons. The first-order chi connectivity index (χ1) is 13.6. The van der Waals surface area contributed by atoms with E-state index in [0.29, 0.717) is 17.7 Å². The predicted molar refractivity (Wildman–Crippen MR) is 100 cm³/mol. The van der Waals surface area contributed by atoms with Crippen molar-refractivity contribution in [3.63, 3.8) is 0 Å². The third-order valence-electron chi connectivity index (χ3n) is 4.05. The first-order valence-corrected chi connectivity index (χ1v) is 10.5. The van der Waals surface area contributed by atoms with Gasteiger partial charge in [-0.1, -0.05) is 0 Å². The highest BCUT2D eigenvalue weighted by Gasteiger charge is 2.34. The molecule has 2 heterocycles. The number of hydrogen-bond donors (Lipinski definition) is 0. The van der Waals surface area contributed by atoms with Crippen molar-refractivity contribution in [2.75, 3.05) is 12.9 Å². The average Bonchev–Trinajstić information content (AvgIpc) is 3.10. The van der Waals surface area contributed by atoms with Crippen LogP contribution in [0.15, 0.2) is 59.9 Å². The second-order valence-electron chi connectivity index (χ2n) is 6.33. The van der Waals surface area contributed by atoms with Crippen LogP contribution in [0.1, 0.15) is 12.1 Å². The maximum atomic E-state index is 13.1. The fourth-order valence-corrected chi connectivity index (χ4v) is 3.29. The number of ether oxygens (including phenoxy) is 1. The van der Waals surface area contributed by atoms with E-state index in [9.17, 15) is 21.6 Å². The SMILES string of the molecule is CS(=O)(=O)c1ccc(OCCCn2cc(C(F)(F)F)nc2-c2cccnc2)cc1. The van der Waals surface area contributed by atoms with Crippen LogP contribution in [0.2, 0.25) is 0 Å². The normalized spacial score (nSPS) is 12.1. The molecule has 0 bridgehead atoms. The average molecular weight is 425 g/mol. The van der Waals surface area contributed by atoms with E-state index in [4.69, 9.17) is 4.74 Å². The Morgan fingerprint density at radius 1 is 1.14 bits per heavy atom. The molecule has 1 aromatic carbocycles. The largest absolute Gasteiger partial charge is 0.494 e. The van der Waals surface area contributed by atoms with Gasteiger partial charge < -0.3 is 9.30 Å². The Balaban J connectivity index is 1.66. The minimum atomic E-state index is -4.54. The van der Waals surface area contributed by atoms with Crippen LogP contribution in [0.25, 0.3) is 11.4 Å². The van der Waals surface area contributed by atoms with Crippen molar-refractivity contribution in [2.45, 2.75) is 24.0 Å². The summed E-state index contributed by atoms with van der Waals surface area (Å²) in [6.45, 7) is 0.499. The van der Waals surface area contributed by atoms with Gasteiger partial charge in [0.1, 0.15) is 11.6 Å². The van der Waals surface area contributed by atoms with Gasteiger partial charge in [0.25, 0.3) is 0 Å². The van der Waals surface area contributed by atoms with Gasteiger partial charge in [-0.3, -0.25) is 4.98 Å². The van der Waals surface area contributed by atoms with Crippen molar-refractivity contribution < 1.29 is 26.3 Å². The number of aryl methyl sites for hydroxylation is 1. The lowest BCUT2D eigenvalue weighted by molar-refractivity contribution is -0.140. The third-order valence-corrected chi connectivity index (χ3v) is 5.18. The fraction of sp³-hybridized carbons (Fsp3) is 0.263. The van der Waals surface area contributed by atoms with E-state index < -0.39 is 21.7 Å². The highest BCUT2D eigenvalue weighted by Crippen LogP contribution is 2.31. The van der Waals surface area contributed by atoms with Gasteiger partial charge in [0.05, 0.1) is 11.5 Å². The molecule has 2 aromatic heterocycles. The molecule has 0 aliphatic heterocycles. The van der Waals surface area contributed by atoms with Crippen LogP contribution >= 0.6 is 0 Å². The van der Waals surface area contributed by atoms with Gasteiger partial charge in [-0.15, -0.1) is 0 Å². The highest BCUT2D eigenvalue weighted by atomic mass is 32.2. The van der Waals surface area contributed by atoms with Gasteiger partial charge in [0, 0.05) is 37.0 Å². The lowest BCUT2D eigenvalue weighted by Crippen LogP contribution is -2.06. The summed E-state index contributed by atoms with van der Waals surface area (Å²) in [5.41, 5.74) is -0.478. The summed E-state index contributed by atoms with van der Waals surface area (Å²) in [5.74, 6) is 0.662. The summed E-state index contributed by atoms with van der Waals surface area (Å²) in [6, 6.07) is 9.23. The van der Waals surface area contributed by atoms with E-state index >= 15 is 0 Å². The number of aromatic nitrogens is 3. The number of imidazole rings is 1. The molecule has 0 aliphatic carbocycles.